The third-order valence-electron chi connectivity index (χ3n) is 3.94. The number of nitrogens with one attached hydrogen (secondary N) is 2. The Kier molecular flexibility index (Phi) is 2.93. The molecule has 0 bridgehead atoms. The Hall–Kier alpha value is -2.37. The van der Waals surface area contributed by atoms with Gasteiger partial charge in [-0.3, -0.25) is 9.89 Å². The molecule has 20 heavy (non-hydrogen) atoms. The lowest BCUT2D eigenvalue weighted by molar-refractivity contribution is -0.144. The van der Waals surface area contributed by atoms with Crippen LogP contribution in [-0.2, 0) is 4.79 Å². The number of aromatic amines is 1. The molecule has 1 aromatic carbocycles. The maximum absolute atomic E-state index is 12.4. The van der Waals surface area contributed by atoms with Gasteiger partial charge in [-0.2, -0.15) is 5.10 Å². The smallest absolute Gasteiger partial charge is 0.329 e. The van der Waals surface area contributed by atoms with Gasteiger partial charge in [0.1, 0.15) is 5.54 Å². The Bertz CT molecular complexity index is 671. The molecule has 6 nitrogen and oxygen atoms in total. The Morgan fingerprint density at radius 2 is 2.05 bits per heavy atom. The third kappa shape index (κ3) is 1.93. The minimum absolute atomic E-state index is 0.371. The second-order valence-electron chi connectivity index (χ2n) is 5.19. The highest BCUT2D eigenvalue weighted by Crippen LogP contribution is 2.30. The molecule has 0 atom stereocenters. The summed E-state index contributed by atoms with van der Waals surface area (Å²) in [7, 11) is 0. The zero-order valence-electron chi connectivity index (χ0n) is 10.8. The zero-order valence-corrected chi connectivity index (χ0v) is 10.8. The number of aromatic nitrogens is 2. The number of carboxylic acid groups (broad SMARTS) is 1. The number of hydrogen-bond donors (Lipinski definition) is 3. The molecule has 2 aromatic rings. The number of carboxylic acids is 1. The van der Waals surface area contributed by atoms with E-state index in [9.17, 15) is 14.7 Å². The van der Waals surface area contributed by atoms with Crippen LogP contribution in [0.5, 0.6) is 0 Å². The zero-order chi connectivity index (χ0) is 14.2. The number of rotatable bonds is 3. The van der Waals surface area contributed by atoms with Gasteiger partial charge in [-0.25, -0.2) is 4.79 Å². The number of carbonyl (C=O) groups excluding carboxylic acids is 1. The van der Waals surface area contributed by atoms with Crippen molar-refractivity contribution in [3.63, 3.8) is 0 Å². The SMILES string of the molecule is O=C(NC1(C(=O)O)CCCC1)c1cccc2cn[nH]c12. The Morgan fingerprint density at radius 3 is 2.75 bits per heavy atom. The second-order valence-corrected chi connectivity index (χ2v) is 5.19. The van der Waals surface area contributed by atoms with E-state index in [2.05, 4.69) is 15.5 Å². The summed E-state index contributed by atoms with van der Waals surface area (Å²) < 4.78 is 0. The van der Waals surface area contributed by atoms with Crippen molar-refractivity contribution >= 4 is 22.8 Å². The van der Waals surface area contributed by atoms with Crippen LogP contribution in [0.3, 0.4) is 0 Å². The van der Waals surface area contributed by atoms with Gasteiger partial charge >= 0.3 is 5.97 Å². The minimum Gasteiger partial charge on any atom is -0.480 e. The summed E-state index contributed by atoms with van der Waals surface area (Å²) in [6, 6.07) is 5.27. The number of amides is 1. The molecule has 6 heteroatoms. The van der Waals surface area contributed by atoms with E-state index in [1.165, 1.54) is 0 Å². The lowest BCUT2D eigenvalue weighted by atomic mass is 9.97. The van der Waals surface area contributed by atoms with Crippen LogP contribution in [0.15, 0.2) is 24.4 Å². The molecule has 0 spiro atoms. The largest absolute Gasteiger partial charge is 0.480 e. The van der Waals surface area contributed by atoms with Crippen LogP contribution >= 0.6 is 0 Å². The van der Waals surface area contributed by atoms with Crippen molar-refractivity contribution in [3.05, 3.63) is 30.0 Å². The molecular formula is C14H15N3O3. The highest BCUT2D eigenvalue weighted by Gasteiger charge is 2.42. The number of benzene rings is 1. The standard InChI is InChI=1S/C14H15N3O3/c18-12(16-14(13(19)20)6-1-2-7-14)10-5-3-4-9-8-15-17-11(9)10/h3-5,8H,1-2,6-7H2,(H,15,17)(H,16,18)(H,19,20). The molecule has 1 fully saturated rings. The number of para-hydroxylation sites is 1. The average molecular weight is 273 g/mol. The van der Waals surface area contributed by atoms with E-state index in [-0.39, 0.29) is 5.91 Å². The van der Waals surface area contributed by atoms with E-state index in [0.29, 0.717) is 23.9 Å². The van der Waals surface area contributed by atoms with E-state index in [0.717, 1.165) is 18.2 Å². The van der Waals surface area contributed by atoms with Gasteiger partial charge in [-0.1, -0.05) is 25.0 Å². The van der Waals surface area contributed by atoms with Gasteiger partial charge in [0.05, 0.1) is 17.3 Å². The Morgan fingerprint density at radius 1 is 1.30 bits per heavy atom. The first kappa shape index (κ1) is 12.7. The van der Waals surface area contributed by atoms with Crippen molar-refractivity contribution in [1.82, 2.24) is 15.5 Å². The molecule has 0 saturated heterocycles. The maximum Gasteiger partial charge on any atom is 0.329 e. The van der Waals surface area contributed by atoms with Gasteiger partial charge in [0.2, 0.25) is 0 Å². The third-order valence-corrected chi connectivity index (χ3v) is 3.94. The molecule has 0 unspecified atom stereocenters. The van der Waals surface area contributed by atoms with Crippen molar-refractivity contribution < 1.29 is 14.7 Å². The molecule has 1 amide bonds. The molecule has 1 aliphatic rings. The van der Waals surface area contributed by atoms with Gasteiger partial charge in [0.25, 0.3) is 5.91 Å². The maximum atomic E-state index is 12.4. The van der Waals surface area contributed by atoms with Crippen molar-refractivity contribution in [2.75, 3.05) is 0 Å². The Balaban J connectivity index is 1.93. The van der Waals surface area contributed by atoms with Crippen molar-refractivity contribution in [1.29, 1.82) is 0 Å². The summed E-state index contributed by atoms with van der Waals surface area (Å²) in [5.74, 6) is -1.33. The number of H-pyrrole nitrogens is 1. The van der Waals surface area contributed by atoms with E-state index in [4.69, 9.17) is 0 Å². The molecule has 0 radical (unpaired) electrons. The summed E-state index contributed by atoms with van der Waals surface area (Å²) in [6.45, 7) is 0. The quantitative estimate of drug-likeness (QED) is 0.793. The summed E-state index contributed by atoms with van der Waals surface area (Å²) in [4.78, 5) is 23.9. The highest BCUT2D eigenvalue weighted by atomic mass is 16.4. The monoisotopic (exact) mass is 273 g/mol. The molecule has 1 aromatic heterocycles. The summed E-state index contributed by atoms with van der Waals surface area (Å²) in [5.41, 5.74) is -0.0738. The molecular weight excluding hydrogens is 258 g/mol. The number of carbonyl (C=O) groups is 2. The first-order chi connectivity index (χ1) is 9.62. The topological polar surface area (TPSA) is 95.1 Å². The number of fused-ring (bicyclic) bond motifs is 1. The van der Waals surface area contributed by atoms with Crippen molar-refractivity contribution in [3.8, 4) is 0 Å². The highest BCUT2D eigenvalue weighted by molar-refractivity contribution is 6.06. The van der Waals surface area contributed by atoms with Gasteiger partial charge in [0.15, 0.2) is 0 Å². The van der Waals surface area contributed by atoms with Crippen LogP contribution in [0.4, 0.5) is 0 Å². The first-order valence-electron chi connectivity index (χ1n) is 6.60. The summed E-state index contributed by atoms with van der Waals surface area (Å²) in [5, 5.41) is 19.6. The van der Waals surface area contributed by atoms with E-state index >= 15 is 0 Å². The van der Waals surface area contributed by atoms with Crippen molar-refractivity contribution in [2.24, 2.45) is 0 Å². The minimum atomic E-state index is -1.13. The van der Waals surface area contributed by atoms with Crippen LogP contribution in [-0.4, -0.2) is 32.7 Å². The fourth-order valence-electron chi connectivity index (χ4n) is 2.81. The van der Waals surface area contributed by atoms with Gasteiger partial charge in [-0.05, 0) is 18.9 Å². The van der Waals surface area contributed by atoms with Crippen LogP contribution in [0, 0.1) is 0 Å². The lowest BCUT2D eigenvalue weighted by Crippen LogP contribution is -2.52. The predicted molar refractivity (Wildman–Crippen MR) is 72.4 cm³/mol. The summed E-state index contributed by atoms with van der Waals surface area (Å²) in [6.07, 6.45) is 4.23. The van der Waals surface area contributed by atoms with E-state index < -0.39 is 11.5 Å². The fourth-order valence-corrected chi connectivity index (χ4v) is 2.81. The molecule has 3 N–H and O–H groups in total. The molecule has 104 valence electrons. The second kappa shape index (κ2) is 4.63. The van der Waals surface area contributed by atoms with Crippen molar-refractivity contribution in [2.45, 2.75) is 31.2 Å². The van der Waals surface area contributed by atoms with Crippen LogP contribution < -0.4 is 5.32 Å². The molecule has 1 aliphatic carbocycles. The summed E-state index contributed by atoms with van der Waals surface area (Å²) >= 11 is 0. The van der Waals surface area contributed by atoms with Crippen LogP contribution in [0.25, 0.3) is 10.9 Å². The van der Waals surface area contributed by atoms with Crippen LogP contribution in [0.1, 0.15) is 36.0 Å². The molecule has 1 heterocycles. The lowest BCUT2D eigenvalue weighted by Gasteiger charge is -2.25. The van der Waals surface area contributed by atoms with Gasteiger partial charge in [-0.15, -0.1) is 0 Å². The van der Waals surface area contributed by atoms with E-state index in [1.54, 1.807) is 18.3 Å². The van der Waals surface area contributed by atoms with Crippen LogP contribution in [0.2, 0.25) is 0 Å². The van der Waals surface area contributed by atoms with Gasteiger partial charge < -0.3 is 10.4 Å². The molecule has 3 rings (SSSR count). The fraction of sp³-hybridized carbons (Fsp3) is 0.357. The van der Waals surface area contributed by atoms with Gasteiger partial charge in [0, 0.05) is 5.39 Å². The number of aliphatic carboxylic acids is 1. The normalized spacial score (nSPS) is 17.2. The Labute approximate surface area is 115 Å². The van der Waals surface area contributed by atoms with E-state index in [1.807, 2.05) is 6.07 Å². The average Bonchev–Trinajstić information content (AvgIpc) is 3.06. The number of hydrogen-bond acceptors (Lipinski definition) is 3. The number of nitrogens with zero attached hydrogens (tertiary/aromatic N) is 1. The molecule has 0 aliphatic heterocycles. The first-order valence-corrected chi connectivity index (χ1v) is 6.60. The molecule has 1 saturated carbocycles. The predicted octanol–water partition coefficient (Wildman–Crippen LogP) is 1.69.